The zero-order chi connectivity index (χ0) is 41.7. The Balaban J connectivity index is 1.35. The number of fused-ring (bicyclic) bond motifs is 13. The van der Waals surface area contributed by atoms with Gasteiger partial charge in [0.1, 0.15) is 0 Å². The van der Waals surface area contributed by atoms with Crippen molar-refractivity contribution >= 4 is 65.6 Å². The quantitative estimate of drug-likeness (QED) is 0.154. The van der Waals surface area contributed by atoms with Gasteiger partial charge in [0.05, 0.1) is 10.9 Å². The van der Waals surface area contributed by atoms with Crippen LogP contribution in [0.15, 0.2) is 115 Å². The van der Waals surface area contributed by atoms with Crippen LogP contribution >= 0.6 is 11.3 Å². The number of nitrogens with zero attached hydrogens (tertiary/aromatic N) is 1. The molecular formula is C57H56BNS. The molecule has 2 aliphatic carbocycles. The summed E-state index contributed by atoms with van der Waals surface area (Å²) in [5, 5.41) is 4.45. The van der Waals surface area contributed by atoms with Crippen molar-refractivity contribution in [2.45, 2.75) is 121 Å². The maximum Gasteiger partial charge on any atom is 0.260 e. The highest BCUT2D eigenvalue weighted by molar-refractivity contribution is 7.33. The summed E-state index contributed by atoms with van der Waals surface area (Å²) in [6, 6.07) is 45.5. The van der Waals surface area contributed by atoms with E-state index in [1.54, 1.807) is 16.7 Å². The van der Waals surface area contributed by atoms with E-state index in [0.717, 1.165) is 12.8 Å². The highest BCUT2D eigenvalue weighted by Gasteiger charge is 2.55. The maximum absolute atomic E-state index is 2.76. The molecule has 0 atom stereocenters. The van der Waals surface area contributed by atoms with E-state index in [4.69, 9.17) is 0 Å². The van der Waals surface area contributed by atoms with Crippen molar-refractivity contribution in [2.75, 3.05) is 0 Å². The fraction of sp³-hybridized carbons (Fsp3) is 0.333. The lowest BCUT2D eigenvalue weighted by Gasteiger charge is -2.45. The van der Waals surface area contributed by atoms with Crippen molar-refractivity contribution in [2.24, 2.45) is 0 Å². The number of aromatic nitrogens is 1. The molecule has 0 fully saturated rings. The van der Waals surface area contributed by atoms with Crippen LogP contribution in [-0.2, 0) is 32.5 Å². The van der Waals surface area contributed by atoms with Gasteiger partial charge in [0.25, 0.3) is 6.71 Å². The van der Waals surface area contributed by atoms with Crippen LogP contribution in [0.25, 0.3) is 37.6 Å². The molecule has 6 aromatic carbocycles. The first-order valence-corrected chi connectivity index (χ1v) is 23.2. The van der Waals surface area contributed by atoms with E-state index in [2.05, 4.69) is 207 Å². The third-order valence-electron chi connectivity index (χ3n) is 15.8. The van der Waals surface area contributed by atoms with E-state index in [0.29, 0.717) is 0 Å². The normalized spacial score (nSPS) is 19.4. The molecule has 0 N–H and O–H groups in total. The van der Waals surface area contributed by atoms with Gasteiger partial charge in [-0.15, -0.1) is 11.3 Å². The van der Waals surface area contributed by atoms with Gasteiger partial charge in [0.2, 0.25) is 0 Å². The molecule has 0 saturated heterocycles. The van der Waals surface area contributed by atoms with Gasteiger partial charge in [0.15, 0.2) is 0 Å². The van der Waals surface area contributed by atoms with E-state index in [9.17, 15) is 0 Å². The number of hydrogen-bond acceptors (Lipinski definition) is 1. The molecule has 8 aromatic rings. The van der Waals surface area contributed by atoms with E-state index in [1.165, 1.54) is 86.7 Å². The van der Waals surface area contributed by atoms with Gasteiger partial charge >= 0.3 is 0 Å². The van der Waals surface area contributed by atoms with Crippen LogP contribution in [0, 0.1) is 0 Å². The summed E-state index contributed by atoms with van der Waals surface area (Å²) in [5.41, 5.74) is 20.1. The van der Waals surface area contributed by atoms with Crippen LogP contribution < -0.4 is 15.7 Å². The number of hydrogen-bond donors (Lipinski definition) is 0. The number of benzene rings is 6. The summed E-state index contributed by atoms with van der Waals surface area (Å²) in [7, 11) is 0. The third kappa shape index (κ3) is 4.40. The fourth-order valence-corrected chi connectivity index (χ4v) is 15.5. The van der Waals surface area contributed by atoms with Crippen LogP contribution in [0.5, 0.6) is 0 Å². The van der Waals surface area contributed by atoms with Gasteiger partial charge in [-0.25, -0.2) is 0 Å². The molecule has 4 aliphatic rings. The molecule has 12 rings (SSSR count). The van der Waals surface area contributed by atoms with E-state index in [1.807, 2.05) is 0 Å². The molecule has 0 spiro atoms. The number of thiophene rings is 1. The zero-order valence-corrected chi connectivity index (χ0v) is 38.1. The minimum Gasteiger partial charge on any atom is -0.310 e. The van der Waals surface area contributed by atoms with Crippen molar-refractivity contribution < 1.29 is 0 Å². The van der Waals surface area contributed by atoms with Gasteiger partial charge < -0.3 is 4.57 Å². The van der Waals surface area contributed by atoms with Crippen LogP contribution in [0.3, 0.4) is 0 Å². The Labute approximate surface area is 360 Å². The molecule has 4 heterocycles. The highest BCUT2D eigenvalue weighted by atomic mass is 32.1. The molecule has 298 valence electrons. The Bertz CT molecular complexity index is 3140. The summed E-state index contributed by atoms with van der Waals surface area (Å²) in [5.74, 6) is 0. The van der Waals surface area contributed by atoms with Gasteiger partial charge in [-0.1, -0.05) is 167 Å². The SMILES string of the molecule is CC(C)(C)c1ccc2sc3c(c2c1)C(c1ccccc1)(c1ccccc1)c1cccc2c1B3c1cc3c(c4c5c6c(ccc5n-2c14)C(C)(C)CC6(C)C)C(C)(C)CC3(C)C. The smallest absolute Gasteiger partial charge is 0.260 e. The van der Waals surface area contributed by atoms with E-state index < -0.39 is 5.41 Å². The molecule has 2 aliphatic heterocycles. The average molecular weight is 798 g/mol. The fourth-order valence-electron chi connectivity index (χ4n) is 14.1. The largest absolute Gasteiger partial charge is 0.310 e. The summed E-state index contributed by atoms with van der Waals surface area (Å²) in [4.78, 5) is 0. The van der Waals surface area contributed by atoms with Gasteiger partial charge in [0, 0.05) is 26.7 Å². The lowest BCUT2D eigenvalue weighted by atomic mass is 9.32. The molecule has 2 aromatic heterocycles. The van der Waals surface area contributed by atoms with E-state index in [-0.39, 0.29) is 33.8 Å². The molecule has 0 unspecified atom stereocenters. The Morgan fingerprint density at radius 2 is 1.18 bits per heavy atom. The first kappa shape index (κ1) is 37.0. The molecule has 0 saturated carbocycles. The Morgan fingerprint density at radius 3 is 1.82 bits per heavy atom. The third-order valence-corrected chi connectivity index (χ3v) is 17.0. The Kier molecular flexibility index (Phi) is 6.98. The van der Waals surface area contributed by atoms with Crippen molar-refractivity contribution in [3.63, 3.8) is 0 Å². The van der Waals surface area contributed by atoms with Gasteiger partial charge in [-0.05, 0) is 135 Å². The van der Waals surface area contributed by atoms with Crippen LogP contribution in [0.4, 0.5) is 0 Å². The lowest BCUT2D eigenvalue weighted by Crippen LogP contribution is -2.63. The predicted molar refractivity (Wildman–Crippen MR) is 259 cm³/mol. The molecule has 0 radical (unpaired) electrons. The molecule has 1 nitrogen and oxygen atoms in total. The minimum absolute atomic E-state index is 0.0177. The van der Waals surface area contributed by atoms with Crippen molar-refractivity contribution in [3.8, 4) is 5.69 Å². The second-order valence-corrected chi connectivity index (χ2v) is 23.8. The Morgan fingerprint density at radius 1 is 0.567 bits per heavy atom. The average Bonchev–Trinajstić information content (AvgIpc) is 3.85. The molecule has 3 heteroatoms. The van der Waals surface area contributed by atoms with Gasteiger partial charge in [-0.2, -0.15) is 0 Å². The van der Waals surface area contributed by atoms with Crippen LogP contribution in [-0.4, -0.2) is 11.3 Å². The number of rotatable bonds is 2. The minimum atomic E-state index is -0.528. The van der Waals surface area contributed by atoms with Crippen LogP contribution in [0.2, 0.25) is 0 Å². The molecule has 60 heavy (non-hydrogen) atoms. The second-order valence-electron chi connectivity index (χ2n) is 22.7. The second kappa shape index (κ2) is 11.3. The maximum atomic E-state index is 2.76. The molecule has 0 amide bonds. The highest BCUT2D eigenvalue weighted by Crippen LogP contribution is 2.59. The zero-order valence-electron chi connectivity index (χ0n) is 37.3. The lowest BCUT2D eigenvalue weighted by molar-refractivity contribution is 0.403. The molecule has 0 bridgehead atoms. The summed E-state index contributed by atoms with van der Waals surface area (Å²) < 4.78 is 5.64. The first-order chi connectivity index (χ1) is 28.4. The Hall–Kier alpha value is -4.86. The predicted octanol–water partition coefficient (Wildman–Crippen LogP) is 12.7. The van der Waals surface area contributed by atoms with Gasteiger partial charge in [-0.3, -0.25) is 0 Å². The van der Waals surface area contributed by atoms with Crippen molar-refractivity contribution in [3.05, 3.63) is 165 Å². The molecular weight excluding hydrogens is 742 g/mol. The van der Waals surface area contributed by atoms with Crippen LogP contribution in [0.1, 0.15) is 139 Å². The standard InChI is InChI=1S/C57H56BNS/c1-52(2,3)35-25-28-43-36(29-35)46-51(60-43)58-40-30-39-48(56(10,11)32-54(39,6)7)45-44-41(27-26-37-47(44)55(8,9)31-53(37,4)5)59(50(40)45)42-24-18-23-38(49(42)58)57(46,33-19-14-12-15-20-33)34-21-16-13-17-22-34/h12-30H,31-32H2,1-11H3. The summed E-state index contributed by atoms with van der Waals surface area (Å²) in [6.07, 6.45) is 2.29. The topological polar surface area (TPSA) is 4.93 Å². The van der Waals surface area contributed by atoms with Crippen molar-refractivity contribution in [1.29, 1.82) is 0 Å². The monoisotopic (exact) mass is 797 g/mol. The summed E-state index contributed by atoms with van der Waals surface area (Å²) >= 11 is 2.06. The summed E-state index contributed by atoms with van der Waals surface area (Å²) in [6.45, 7) is 27.3. The van der Waals surface area contributed by atoms with Crippen molar-refractivity contribution in [1.82, 2.24) is 4.57 Å². The first-order valence-electron chi connectivity index (χ1n) is 22.4. The van der Waals surface area contributed by atoms with E-state index >= 15 is 0 Å².